The van der Waals surface area contributed by atoms with E-state index >= 15 is 0 Å². The molecule has 0 spiro atoms. The summed E-state index contributed by atoms with van der Waals surface area (Å²) < 4.78 is 1.60. The maximum Gasteiger partial charge on any atom is 0.250 e. The van der Waals surface area contributed by atoms with E-state index in [9.17, 15) is 4.79 Å². The van der Waals surface area contributed by atoms with E-state index in [0.29, 0.717) is 27.7 Å². The van der Waals surface area contributed by atoms with Crippen LogP contribution in [0.25, 0.3) is 5.69 Å². The lowest BCUT2D eigenvalue weighted by molar-refractivity contribution is 0.1000. The summed E-state index contributed by atoms with van der Waals surface area (Å²) in [7, 11) is 0. The second-order valence-corrected chi connectivity index (χ2v) is 4.46. The van der Waals surface area contributed by atoms with Gasteiger partial charge in [-0.3, -0.25) is 4.79 Å². The average molecular weight is 265 g/mol. The summed E-state index contributed by atoms with van der Waals surface area (Å²) in [5.41, 5.74) is 14.2. The normalized spacial score (nSPS) is 10.6. The van der Waals surface area contributed by atoms with Crippen molar-refractivity contribution < 1.29 is 4.79 Å². The van der Waals surface area contributed by atoms with Crippen molar-refractivity contribution in [3.8, 4) is 5.69 Å². The number of primary amides is 1. The number of hydrogen-bond acceptors (Lipinski definition) is 3. The minimum absolute atomic E-state index is 0.313. The number of rotatable bonds is 2. The number of nitrogen functional groups attached to an aromatic ring is 1. The highest BCUT2D eigenvalue weighted by Crippen LogP contribution is 2.24. The zero-order valence-electron chi connectivity index (χ0n) is 10.1. The number of anilines is 1. The van der Waals surface area contributed by atoms with Gasteiger partial charge in [-0.2, -0.15) is 5.10 Å². The summed E-state index contributed by atoms with van der Waals surface area (Å²) >= 11 is 5.86. The monoisotopic (exact) mass is 264 g/mol. The molecular weight excluding hydrogens is 252 g/mol. The average Bonchev–Trinajstić information content (AvgIpc) is 2.57. The standard InChI is InChI=1S/C12H13ClN4O/c1-6-11(14)7(2)17(16-6)10-4-3-8(13)5-9(10)12(15)18/h3-5H,14H2,1-2H3,(H2,15,18). The quantitative estimate of drug-likeness (QED) is 0.867. The van der Waals surface area contributed by atoms with Crippen LogP contribution in [0.3, 0.4) is 0 Å². The van der Waals surface area contributed by atoms with Crippen LogP contribution in [-0.2, 0) is 0 Å². The second-order valence-electron chi connectivity index (χ2n) is 4.02. The summed E-state index contributed by atoms with van der Waals surface area (Å²) in [4.78, 5) is 11.4. The first kappa shape index (κ1) is 12.4. The molecule has 0 bridgehead atoms. The summed E-state index contributed by atoms with van der Waals surface area (Å²) in [6.07, 6.45) is 0. The second kappa shape index (κ2) is 4.34. The first-order valence-electron chi connectivity index (χ1n) is 5.33. The van der Waals surface area contributed by atoms with Gasteiger partial charge in [0.25, 0.3) is 5.91 Å². The lowest BCUT2D eigenvalue weighted by atomic mass is 10.1. The van der Waals surface area contributed by atoms with Crippen LogP contribution in [0.2, 0.25) is 5.02 Å². The van der Waals surface area contributed by atoms with Crippen LogP contribution in [0.1, 0.15) is 21.7 Å². The minimum Gasteiger partial charge on any atom is -0.396 e. The van der Waals surface area contributed by atoms with Gasteiger partial charge in [-0.15, -0.1) is 0 Å². The molecule has 0 atom stereocenters. The van der Waals surface area contributed by atoms with Crippen LogP contribution in [0, 0.1) is 13.8 Å². The van der Waals surface area contributed by atoms with Crippen LogP contribution < -0.4 is 11.5 Å². The maximum atomic E-state index is 11.4. The van der Waals surface area contributed by atoms with Crippen molar-refractivity contribution in [3.05, 3.63) is 40.2 Å². The Kier molecular flexibility index (Phi) is 3.00. The number of aryl methyl sites for hydroxylation is 1. The van der Waals surface area contributed by atoms with Gasteiger partial charge in [0, 0.05) is 5.02 Å². The van der Waals surface area contributed by atoms with Crippen molar-refractivity contribution in [2.45, 2.75) is 13.8 Å². The third kappa shape index (κ3) is 1.93. The molecule has 5 nitrogen and oxygen atoms in total. The molecule has 1 aromatic carbocycles. The maximum absolute atomic E-state index is 11.4. The summed E-state index contributed by atoms with van der Waals surface area (Å²) in [5.74, 6) is -0.557. The number of aromatic nitrogens is 2. The van der Waals surface area contributed by atoms with E-state index in [1.807, 2.05) is 6.92 Å². The van der Waals surface area contributed by atoms with Gasteiger partial charge >= 0.3 is 0 Å². The fourth-order valence-electron chi connectivity index (χ4n) is 1.78. The number of carbonyl (C=O) groups is 1. The Labute approximate surface area is 109 Å². The van der Waals surface area contributed by atoms with Gasteiger partial charge in [-0.05, 0) is 32.0 Å². The number of carbonyl (C=O) groups excluding carboxylic acids is 1. The van der Waals surface area contributed by atoms with Crippen molar-refractivity contribution >= 4 is 23.2 Å². The topological polar surface area (TPSA) is 86.9 Å². The highest BCUT2D eigenvalue weighted by Gasteiger charge is 2.15. The molecule has 0 aliphatic heterocycles. The van der Waals surface area contributed by atoms with Crippen molar-refractivity contribution in [2.24, 2.45) is 5.73 Å². The summed E-state index contributed by atoms with van der Waals surface area (Å²) in [5, 5.41) is 4.74. The molecule has 94 valence electrons. The number of halogens is 1. The van der Waals surface area contributed by atoms with E-state index in [1.54, 1.807) is 23.7 Å². The van der Waals surface area contributed by atoms with Crippen molar-refractivity contribution in [2.75, 3.05) is 5.73 Å². The van der Waals surface area contributed by atoms with E-state index in [4.69, 9.17) is 23.1 Å². The van der Waals surface area contributed by atoms with Crippen molar-refractivity contribution in [1.82, 2.24) is 9.78 Å². The number of benzene rings is 1. The van der Waals surface area contributed by atoms with Crippen LogP contribution >= 0.6 is 11.6 Å². The zero-order valence-corrected chi connectivity index (χ0v) is 10.8. The highest BCUT2D eigenvalue weighted by atomic mass is 35.5. The molecule has 6 heteroatoms. The molecule has 18 heavy (non-hydrogen) atoms. The van der Waals surface area contributed by atoms with Crippen LogP contribution in [0.15, 0.2) is 18.2 Å². The molecule has 1 heterocycles. The van der Waals surface area contributed by atoms with Gasteiger partial charge in [0.2, 0.25) is 0 Å². The molecular formula is C12H13ClN4O. The van der Waals surface area contributed by atoms with E-state index in [1.165, 1.54) is 6.07 Å². The summed E-state index contributed by atoms with van der Waals surface area (Å²) in [6, 6.07) is 4.89. The van der Waals surface area contributed by atoms with Gasteiger partial charge in [-0.25, -0.2) is 4.68 Å². The number of nitrogens with zero attached hydrogens (tertiary/aromatic N) is 2. The van der Waals surface area contributed by atoms with Crippen molar-refractivity contribution in [1.29, 1.82) is 0 Å². The molecule has 0 aliphatic rings. The largest absolute Gasteiger partial charge is 0.396 e. The Morgan fingerprint density at radius 3 is 2.56 bits per heavy atom. The van der Waals surface area contributed by atoms with Crippen molar-refractivity contribution in [3.63, 3.8) is 0 Å². The Morgan fingerprint density at radius 1 is 1.39 bits per heavy atom. The van der Waals surface area contributed by atoms with Crippen LogP contribution in [0.5, 0.6) is 0 Å². The van der Waals surface area contributed by atoms with Gasteiger partial charge in [-0.1, -0.05) is 11.6 Å². The number of amides is 1. The lowest BCUT2D eigenvalue weighted by Crippen LogP contribution is -2.15. The third-order valence-corrected chi connectivity index (χ3v) is 3.03. The molecule has 0 unspecified atom stereocenters. The van der Waals surface area contributed by atoms with Crippen LogP contribution in [0.4, 0.5) is 5.69 Å². The van der Waals surface area contributed by atoms with Gasteiger partial charge < -0.3 is 11.5 Å². The van der Waals surface area contributed by atoms with Gasteiger partial charge in [0.1, 0.15) is 0 Å². The minimum atomic E-state index is -0.557. The molecule has 0 saturated carbocycles. The first-order valence-corrected chi connectivity index (χ1v) is 5.71. The molecule has 1 aromatic heterocycles. The Hall–Kier alpha value is -2.01. The SMILES string of the molecule is Cc1nn(-c2ccc(Cl)cc2C(N)=O)c(C)c1N. The highest BCUT2D eigenvalue weighted by molar-refractivity contribution is 6.31. The molecule has 0 aliphatic carbocycles. The fraction of sp³-hybridized carbons (Fsp3) is 0.167. The lowest BCUT2D eigenvalue weighted by Gasteiger charge is -2.09. The molecule has 1 amide bonds. The Balaban J connectivity index is 2.71. The van der Waals surface area contributed by atoms with Gasteiger partial charge in [0.15, 0.2) is 0 Å². The summed E-state index contributed by atoms with van der Waals surface area (Å²) in [6.45, 7) is 3.63. The van der Waals surface area contributed by atoms with E-state index in [-0.39, 0.29) is 0 Å². The predicted molar refractivity (Wildman–Crippen MR) is 71.0 cm³/mol. The van der Waals surface area contributed by atoms with Crippen LogP contribution in [-0.4, -0.2) is 15.7 Å². The number of hydrogen-bond donors (Lipinski definition) is 2. The molecule has 2 rings (SSSR count). The molecule has 4 N–H and O–H groups in total. The third-order valence-electron chi connectivity index (χ3n) is 2.80. The Bertz CT molecular complexity index is 633. The Morgan fingerprint density at radius 2 is 2.06 bits per heavy atom. The van der Waals surface area contributed by atoms with E-state index < -0.39 is 5.91 Å². The number of nitrogens with two attached hydrogens (primary N) is 2. The molecule has 0 saturated heterocycles. The smallest absolute Gasteiger partial charge is 0.250 e. The predicted octanol–water partition coefficient (Wildman–Crippen LogP) is 1.82. The van der Waals surface area contributed by atoms with E-state index in [0.717, 1.165) is 5.69 Å². The molecule has 0 radical (unpaired) electrons. The molecule has 2 aromatic rings. The first-order chi connectivity index (χ1) is 8.41. The van der Waals surface area contributed by atoms with E-state index in [2.05, 4.69) is 5.10 Å². The van der Waals surface area contributed by atoms with Gasteiger partial charge in [0.05, 0.1) is 28.3 Å². The molecule has 0 fully saturated rings. The fourth-order valence-corrected chi connectivity index (χ4v) is 1.95. The zero-order chi connectivity index (χ0) is 13.4.